The number of likely N-dealkylation sites (N-methyl/N-ethyl adjacent to an activating group) is 1. The van der Waals surface area contributed by atoms with Crippen LogP contribution in [0.3, 0.4) is 0 Å². The number of hydrogen-bond acceptors (Lipinski definition) is 10. The summed E-state index contributed by atoms with van der Waals surface area (Å²) < 4.78 is 40.6. The number of carbonyl (C=O) groups excluding carboxylic acids is 1. The van der Waals surface area contributed by atoms with Crippen molar-refractivity contribution in [2.75, 3.05) is 67.6 Å². The Morgan fingerprint density at radius 1 is 1.12 bits per heavy atom. The van der Waals surface area contributed by atoms with Crippen LogP contribution in [0.5, 0.6) is 0 Å². The molecular formula is C11H23N5O7S. The highest BCUT2D eigenvalue weighted by atomic mass is 32.2. The second-order valence-corrected chi connectivity index (χ2v) is 6.90. The molecule has 0 atom stereocenters. The number of urea groups is 1. The highest BCUT2D eigenvalue weighted by Gasteiger charge is 2.45. The van der Waals surface area contributed by atoms with Gasteiger partial charge in [0.1, 0.15) is 19.8 Å². The molecule has 24 heavy (non-hydrogen) atoms. The van der Waals surface area contributed by atoms with E-state index in [2.05, 4.69) is 0 Å². The Kier molecular flexibility index (Phi) is 6.11. The molecule has 2 aliphatic rings. The fraction of sp³-hybridized carbons (Fsp3) is 0.909. The van der Waals surface area contributed by atoms with Crippen molar-refractivity contribution in [3.63, 3.8) is 0 Å². The first-order valence-electron chi connectivity index (χ1n) is 7.27. The van der Waals surface area contributed by atoms with Gasteiger partial charge in [-0.05, 0) is 0 Å². The maximum Gasteiger partial charge on any atom is 0.447 e. The lowest BCUT2D eigenvalue weighted by atomic mass is 10.4. The van der Waals surface area contributed by atoms with E-state index in [1.54, 1.807) is 7.05 Å². The molecule has 0 radical (unpaired) electrons. The van der Waals surface area contributed by atoms with Gasteiger partial charge in [-0.1, -0.05) is 0 Å². The van der Waals surface area contributed by atoms with Crippen LogP contribution in [0.4, 0.5) is 4.79 Å². The molecule has 2 saturated heterocycles. The molecule has 0 aromatic heterocycles. The second kappa shape index (κ2) is 7.55. The zero-order valence-electron chi connectivity index (χ0n) is 14.0. The van der Waals surface area contributed by atoms with E-state index in [0.29, 0.717) is 13.2 Å². The molecular weight excluding hydrogens is 346 g/mol. The highest BCUT2D eigenvalue weighted by molar-refractivity contribution is 7.83. The Morgan fingerprint density at radius 3 is 2.04 bits per heavy atom. The summed E-state index contributed by atoms with van der Waals surface area (Å²) in [5.41, 5.74) is 0. The number of hydrazine groups is 1. The van der Waals surface area contributed by atoms with E-state index in [1.807, 2.05) is 0 Å². The average molecular weight is 369 g/mol. The molecule has 2 aliphatic heterocycles. The van der Waals surface area contributed by atoms with Crippen LogP contribution >= 0.6 is 0 Å². The number of morpholine rings is 1. The van der Waals surface area contributed by atoms with Crippen LogP contribution in [0.2, 0.25) is 0 Å². The normalized spacial score (nSPS) is 24.0. The number of hydroxylamine groups is 4. The number of carbonyl (C=O) groups is 1. The third-order valence-electron chi connectivity index (χ3n) is 4.03. The van der Waals surface area contributed by atoms with Crippen molar-refractivity contribution < 1.29 is 36.7 Å². The summed E-state index contributed by atoms with van der Waals surface area (Å²) in [6.07, 6.45) is 0. The molecule has 0 unspecified atom stereocenters. The summed E-state index contributed by atoms with van der Waals surface area (Å²) >= 11 is 0. The van der Waals surface area contributed by atoms with E-state index in [0.717, 1.165) is 5.01 Å². The Balaban J connectivity index is 2.29. The first kappa shape index (κ1) is 19.4. The van der Waals surface area contributed by atoms with Gasteiger partial charge in [-0.15, -0.1) is 4.41 Å². The van der Waals surface area contributed by atoms with Crippen molar-refractivity contribution in [3.8, 4) is 0 Å². The smallest absolute Gasteiger partial charge is 0.447 e. The van der Waals surface area contributed by atoms with Gasteiger partial charge in [0.05, 0.1) is 47.8 Å². The van der Waals surface area contributed by atoms with E-state index in [9.17, 15) is 17.8 Å². The van der Waals surface area contributed by atoms with E-state index in [-0.39, 0.29) is 42.0 Å². The van der Waals surface area contributed by atoms with Crippen LogP contribution in [0.15, 0.2) is 0 Å². The number of amides is 2. The minimum Gasteiger partial charge on any atom is -0.730 e. The maximum absolute atomic E-state index is 12.9. The molecule has 0 aromatic carbocycles. The molecule has 12 nitrogen and oxygen atoms in total. The first-order chi connectivity index (χ1) is 11.2. The molecule has 0 saturated carbocycles. The van der Waals surface area contributed by atoms with Crippen molar-refractivity contribution in [3.05, 3.63) is 0 Å². The minimum atomic E-state index is -5.08. The fourth-order valence-electron chi connectivity index (χ4n) is 2.52. The van der Waals surface area contributed by atoms with Gasteiger partial charge in [-0.3, -0.25) is 9.68 Å². The summed E-state index contributed by atoms with van der Waals surface area (Å²) in [5, 5.41) is 3.76. The Morgan fingerprint density at radius 2 is 1.62 bits per heavy atom. The first-order valence-corrected chi connectivity index (χ1v) is 8.64. The van der Waals surface area contributed by atoms with Gasteiger partial charge in [0, 0.05) is 0 Å². The van der Waals surface area contributed by atoms with Crippen LogP contribution in [0.25, 0.3) is 0 Å². The third-order valence-corrected chi connectivity index (χ3v) is 4.84. The van der Waals surface area contributed by atoms with Crippen LogP contribution < -0.4 is 0 Å². The lowest BCUT2D eigenvalue weighted by Crippen LogP contribution is -2.68. The number of rotatable bonds is 4. The zero-order valence-corrected chi connectivity index (χ0v) is 14.8. The summed E-state index contributed by atoms with van der Waals surface area (Å²) in [6.45, 7) is 1.23. The molecule has 2 fully saturated rings. The van der Waals surface area contributed by atoms with E-state index in [1.165, 1.54) is 24.3 Å². The topological polar surface area (TPSA) is 115 Å². The predicted octanol–water partition coefficient (Wildman–Crippen LogP) is -1.82. The van der Waals surface area contributed by atoms with Crippen LogP contribution in [0.1, 0.15) is 0 Å². The summed E-state index contributed by atoms with van der Waals surface area (Å²) in [5.74, 6) is 0. The SMILES string of the molecule is CON1CN(OC)CN(N(C(=O)[N+]2(C)CCOCC2)S(=O)(=O)[O-])C1. The molecule has 2 rings (SSSR count). The summed E-state index contributed by atoms with van der Waals surface area (Å²) in [6, 6.07) is -0.831. The van der Waals surface area contributed by atoms with Gasteiger partial charge in [0.2, 0.25) is 10.3 Å². The predicted molar refractivity (Wildman–Crippen MR) is 77.8 cm³/mol. The van der Waals surface area contributed by atoms with Crippen molar-refractivity contribution in [2.45, 2.75) is 0 Å². The number of ether oxygens (including phenoxy) is 1. The summed E-state index contributed by atoms with van der Waals surface area (Å²) in [4.78, 5) is 23.0. The molecule has 2 heterocycles. The standard InChI is InChI=1S/C11H23N5O7S/c1-16(4-6-23-7-5-16)11(17)15(24(18,19)20)12-8-13(21-2)10-14(9-12)22-3/h4-10H2,1-3H3. The fourth-order valence-corrected chi connectivity index (χ4v) is 3.30. The van der Waals surface area contributed by atoms with Crippen LogP contribution in [-0.4, -0.2) is 111 Å². The molecule has 0 spiro atoms. The third kappa shape index (κ3) is 4.19. The monoisotopic (exact) mass is 369 g/mol. The number of hydrogen-bond donors (Lipinski definition) is 0. The van der Waals surface area contributed by atoms with Gasteiger partial charge < -0.3 is 9.29 Å². The Hall–Kier alpha value is -0.900. The van der Waals surface area contributed by atoms with Gasteiger partial charge in [-0.25, -0.2) is 17.7 Å². The number of nitrogens with zero attached hydrogens (tertiary/aromatic N) is 5. The molecule has 0 bridgehead atoms. The van der Waals surface area contributed by atoms with Crippen molar-refractivity contribution in [1.82, 2.24) is 19.5 Å². The van der Waals surface area contributed by atoms with E-state index < -0.39 is 16.3 Å². The second-order valence-electron chi connectivity index (χ2n) is 5.70. The molecule has 2 amide bonds. The quantitative estimate of drug-likeness (QED) is 0.414. The molecule has 0 N–H and O–H groups in total. The summed E-state index contributed by atoms with van der Waals surface area (Å²) in [7, 11) is -0.709. The Bertz CT molecular complexity index is 541. The van der Waals surface area contributed by atoms with Crippen molar-refractivity contribution in [2.24, 2.45) is 0 Å². The van der Waals surface area contributed by atoms with E-state index >= 15 is 0 Å². The maximum atomic E-state index is 12.9. The molecule has 140 valence electrons. The van der Waals surface area contributed by atoms with Gasteiger partial charge in [0.25, 0.3) is 0 Å². The molecule has 0 aromatic rings. The van der Waals surface area contributed by atoms with Gasteiger partial charge >= 0.3 is 6.03 Å². The molecule has 0 aliphatic carbocycles. The van der Waals surface area contributed by atoms with Crippen LogP contribution in [0, 0.1) is 0 Å². The van der Waals surface area contributed by atoms with Gasteiger partial charge in [-0.2, -0.15) is 15.1 Å². The van der Waals surface area contributed by atoms with Gasteiger partial charge in [0.15, 0.2) is 0 Å². The number of quaternary nitrogens is 1. The highest BCUT2D eigenvalue weighted by Crippen LogP contribution is 2.20. The van der Waals surface area contributed by atoms with E-state index in [4.69, 9.17) is 14.4 Å². The Labute approximate surface area is 141 Å². The van der Waals surface area contributed by atoms with Crippen LogP contribution in [-0.2, 0) is 24.7 Å². The van der Waals surface area contributed by atoms with Crippen molar-refractivity contribution in [1.29, 1.82) is 0 Å². The lowest BCUT2D eigenvalue weighted by molar-refractivity contribution is -0.843. The minimum absolute atomic E-state index is 0.0833. The zero-order chi connectivity index (χ0) is 18.0. The molecule has 13 heteroatoms. The largest absolute Gasteiger partial charge is 0.730 e. The van der Waals surface area contributed by atoms with Crippen molar-refractivity contribution >= 4 is 16.3 Å². The lowest BCUT2D eigenvalue weighted by Gasteiger charge is -2.46. The average Bonchev–Trinajstić information content (AvgIpc) is 2.54.